The van der Waals surface area contributed by atoms with E-state index in [-0.39, 0.29) is 0 Å². The molecule has 2 rings (SSSR count). The van der Waals surface area contributed by atoms with Crippen molar-refractivity contribution in [3.05, 3.63) is 35.9 Å². The molecule has 17 heavy (non-hydrogen) atoms. The summed E-state index contributed by atoms with van der Waals surface area (Å²) in [6, 6.07) is 11.5. The van der Waals surface area contributed by atoms with Crippen LogP contribution >= 0.6 is 0 Å². The van der Waals surface area contributed by atoms with Crippen LogP contribution in [-0.4, -0.2) is 37.1 Å². The lowest BCUT2D eigenvalue weighted by Gasteiger charge is -2.31. The minimum atomic E-state index is 0.665. The highest BCUT2D eigenvalue weighted by Crippen LogP contribution is 2.06. The topological polar surface area (TPSA) is 15.3 Å². The number of piperazine rings is 1. The van der Waals surface area contributed by atoms with Gasteiger partial charge >= 0.3 is 0 Å². The Morgan fingerprint density at radius 1 is 1.24 bits per heavy atom. The lowest BCUT2D eigenvalue weighted by atomic mass is 10.1. The fourth-order valence-corrected chi connectivity index (χ4v) is 2.52. The van der Waals surface area contributed by atoms with E-state index in [0.29, 0.717) is 6.04 Å². The molecular formula is C15H24N2. The Morgan fingerprint density at radius 2 is 2.06 bits per heavy atom. The number of hydrogen-bond donors (Lipinski definition) is 1. The molecule has 1 aliphatic rings. The van der Waals surface area contributed by atoms with E-state index in [1.165, 1.54) is 44.5 Å². The van der Waals surface area contributed by atoms with Crippen LogP contribution in [0.1, 0.15) is 25.3 Å². The first-order valence-electron chi connectivity index (χ1n) is 6.84. The van der Waals surface area contributed by atoms with Crippen molar-refractivity contribution in [1.29, 1.82) is 0 Å². The Bertz CT molecular complexity index is 310. The van der Waals surface area contributed by atoms with Gasteiger partial charge in [0.15, 0.2) is 0 Å². The van der Waals surface area contributed by atoms with Crippen molar-refractivity contribution in [2.75, 3.05) is 26.2 Å². The van der Waals surface area contributed by atoms with Crippen molar-refractivity contribution in [3.8, 4) is 0 Å². The van der Waals surface area contributed by atoms with Crippen molar-refractivity contribution in [2.24, 2.45) is 0 Å². The third-order valence-electron chi connectivity index (χ3n) is 3.49. The van der Waals surface area contributed by atoms with E-state index in [2.05, 4.69) is 47.5 Å². The summed E-state index contributed by atoms with van der Waals surface area (Å²) in [6.07, 6.45) is 3.85. The van der Waals surface area contributed by atoms with E-state index in [1.807, 2.05) is 0 Å². The number of nitrogens with one attached hydrogen (secondary N) is 1. The lowest BCUT2D eigenvalue weighted by Crippen LogP contribution is -2.49. The van der Waals surface area contributed by atoms with Crippen molar-refractivity contribution >= 4 is 0 Å². The summed E-state index contributed by atoms with van der Waals surface area (Å²) in [5, 5.41) is 3.49. The SMILES string of the molecule is C[C@H]1CN(CCCCc2ccccc2)CCN1. The predicted octanol–water partition coefficient (Wildman–Crippen LogP) is 2.30. The molecule has 0 amide bonds. The third-order valence-corrected chi connectivity index (χ3v) is 3.49. The molecule has 1 heterocycles. The van der Waals surface area contributed by atoms with Crippen molar-refractivity contribution < 1.29 is 0 Å². The number of rotatable bonds is 5. The molecule has 0 unspecified atom stereocenters. The lowest BCUT2D eigenvalue weighted by molar-refractivity contribution is 0.204. The molecule has 1 N–H and O–H groups in total. The maximum Gasteiger partial charge on any atom is 0.0167 e. The van der Waals surface area contributed by atoms with Crippen LogP contribution in [0.4, 0.5) is 0 Å². The van der Waals surface area contributed by atoms with Crippen molar-refractivity contribution in [3.63, 3.8) is 0 Å². The summed E-state index contributed by atoms with van der Waals surface area (Å²) >= 11 is 0. The quantitative estimate of drug-likeness (QED) is 0.784. The van der Waals surface area contributed by atoms with Gasteiger partial charge in [-0.1, -0.05) is 30.3 Å². The van der Waals surface area contributed by atoms with E-state index < -0.39 is 0 Å². The summed E-state index contributed by atoms with van der Waals surface area (Å²) in [7, 11) is 0. The van der Waals surface area contributed by atoms with Gasteiger partial charge < -0.3 is 10.2 Å². The van der Waals surface area contributed by atoms with Crippen LogP contribution < -0.4 is 5.32 Å². The number of aryl methyl sites for hydroxylation is 1. The summed E-state index contributed by atoms with van der Waals surface area (Å²) in [5.41, 5.74) is 1.47. The van der Waals surface area contributed by atoms with Crippen LogP contribution in [0.2, 0.25) is 0 Å². The van der Waals surface area contributed by atoms with Crippen LogP contribution in [0.3, 0.4) is 0 Å². The maximum absolute atomic E-state index is 3.49. The monoisotopic (exact) mass is 232 g/mol. The largest absolute Gasteiger partial charge is 0.312 e. The molecule has 0 spiro atoms. The van der Waals surface area contributed by atoms with E-state index in [9.17, 15) is 0 Å². The molecule has 1 aromatic rings. The average Bonchev–Trinajstić information content (AvgIpc) is 2.36. The van der Waals surface area contributed by atoms with E-state index in [1.54, 1.807) is 0 Å². The highest BCUT2D eigenvalue weighted by molar-refractivity contribution is 5.14. The highest BCUT2D eigenvalue weighted by Gasteiger charge is 2.14. The molecule has 0 saturated carbocycles. The summed E-state index contributed by atoms with van der Waals surface area (Å²) in [5.74, 6) is 0. The van der Waals surface area contributed by atoms with Gasteiger partial charge in [-0.15, -0.1) is 0 Å². The molecule has 1 atom stereocenters. The van der Waals surface area contributed by atoms with E-state index >= 15 is 0 Å². The Hall–Kier alpha value is -0.860. The van der Waals surface area contributed by atoms with Gasteiger partial charge in [0, 0.05) is 25.7 Å². The third kappa shape index (κ3) is 4.49. The Kier molecular flexibility index (Phi) is 5.02. The number of unbranched alkanes of at least 4 members (excludes halogenated alkanes) is 1. The van der Waals surface area contributed by atoms with Crippen LogP contribution in [-0.2, 0) is 6.42 Å². The average molecular weight is 232 g/mol. The molecule has 0 bridgehead atoms. The number of benzene rings is 1. The van der Waals surface area contributed by atoms with Gasteiger partial charge in [-0.3, -0.25) is 0 Å². The standard InChI is InChI=1S/C15H24N2/c1-14-13-17(12-10-16-14)11-6-5-9-15-7-3-2-4-8-15/h2-4,7-8,14,16H,5-6,9-13H2,1H3/t14-/m0/s1. The second-order valence-corrected chi connectivity index (χ2v) is 5.10. The van der Waals surface area contributed by atoms with Gasteiger partial charge in [-0.2, -0.15) is 0 Å². The Labute approximate surface area is 105 Å². The zero-order chi connectivity index (χ0) is 11.9. The summed E-state index contributed by atoms with van der Waals surface area (Å²) in [6.45, 7) is 7.12. The van der Waals surface area contributed by atoms with Crippen LogP contribution in [0.5, 0.6) is 0 Å². The first kappa shape index (κ1) is 12.6. The molecule has 0 radical (unpaired) electrons. The molecule has 1 aromatic carbocycles. The molecule has 2 nitrogen and oxygen atoms in total. The minimum absolute atomic E-state index is 0.665. The minimum Gasteiger partial charge on any atom is -0.312 e. The first-order chi connectivity index (χ1) is 8.34. The van der Waals surface area contributed by atoms with Crippen molar-refractivity contribution in [1.82, 2.24) is 10.2 Å². The molecule has 1 aliphatic heterocycles. The molecule has 1 saturated heterocycles. The van der Waals surface area contributed by atoms with E-state index in [4.69, 9.17) is 0 Å². The second-order valence-electron chi connectivity index (χ2n) is 5.10. The summed E-state index contributed by atoms with van der Waals surface area (Å²) in [4.78, 5) is 2.59. The predicted molar refractivity (Wildman–Crippen MR) is 73.3 cm³/mol. The Balaban J connectivity index is 1.60. The van der Waals surface area contributed by atoms with Crippen molar-refractivity contribution in [2.45, 2.75) is 32.2 Å². The Morgan fingerprint density at radius 3 is 2.82 bits per heavy atom. The number of hydrogen-bond acceptors (Lipinski definition) is 2. The normalized spacial score (nSPS) is 21.6. The smallest absolute Gasteiger partial charge is 0.0167 e. The van der Waals surface area contributed by atoms with Gasteiger partial charge in [-0.05, 0) is 38.3 Å². The van der Waals surface area contributed by atoms with Gasteiger partial charge in [0.05, 0.1) is 0 Å². The fraction of sp³-hybridized carbons (Fsp3) is 0.600. The van der Waals surface area contributed by atoms with E-state index in [0.717, 1.165) is 6.54 Å². The first-order valence-corrected chi connectivity index (χ1v) is 6.84. The molecular weight excluding hydrogens is 208 g/mol. The van der Waals surface area contributed by atoms with Crippen LogP contribution in [0.25, 0.3) is 0 Å². The summed E-state index contributed by atoms with van der Waals surface area (Å²) < 4.78 is 0. The van der Waals surface area contributed by atoms with Gasteiger partial charge in [0.25, 0.3) is 0 Å². The molecule has 94 valence electrons. The molecule has 1 fully saturated rings. The zero-order valence-corrected chi connectivity index (χ0v) is 10.9. The molecule has 0 aliphatic carbocycles. The number of nitrogens with zero attached hydrogens (tertiary/aromatic N) is 1. The molecule has 0 aromatic heterocycles. The van der Waals surface area contributed by atoms with Gasteiger partial charge in [-0.25, -0.2) is 0 Å². The maximum atomic E-state index is 3.49. The second kappa shape index (κ2) is 6.77. The molecule has 2 heteroatoms. The van der Waals surface area contributed by atoms with Gasteiger partial charge in [0.1, 0.15) is 0 Å². The van der Waals surface area contributed by atoms with Crippen LogP contribution in [0, 0.1) is 0 Å². The fourth-order valence-electron chi connectivity index (χ4n) is 2.52. The van der Waals surface area contributed by atoms with Crippen LogP contribution in [0.15, 0.2) is 30.3 Å². The van der Waals surface area contributed by atoms with Gasteiger partial charge in [0.2, 0.25) is 0 Å². The highest BCUT2D eigenvalue weighted by atomic mass is 15.2. The zero-order valence-electron chi connectivity index (χ0n) is 10.9.